The molecule has 6 heteroatoms. The van der Waals surface area contributed by atoms with Gasteiger partial charge in [0.2, 0.25) is 0 Å². The Bertz CT molecular complexity index is 974. The number of nitrogens with one attached hydrogen (secondary N) is 1. The number of nitrogens with zero attached hydrogens (tertiary/aromatic N) is 1. The number of thioether (sulfide) groups is 1. The summed E-state index contributed by atoms with van der Waals surface area (Å²) in [6.45, 7) is 4.27. The molecular weight excluding hydrogens is 363 g/mol. The highest BCUT2D eigenvalue weighted by molar-refractivity contribution is 7.99. The van der Waals surface area contributed by atoms with Crippen LogP contribution in [0.3, 0.4) is 0 Å². The number of halogens is 1. The zero-order valence-corrected chi connectivity index (χ0v) is 16.3. The first-order chi connectivity index (χ1) is 13.0. The molecule has 4 nitrogen and oxygen atoms in total. The van der Waals surface area contributed by atoms with Crippen LogP contribution in [0.15, 0.2) is 47.5 Å². The third-order valence-corrected chi connectivity index (χ3v) is 5.16. The second kappa shape index (κ2) is 8.39. The van der Waals surface area contributed by atoms with Crippen molar-refractivity contribution in [3.05, 3.63) is 65.0 Å². The molecule has 0 atom stereocenters. The summed E-state index contributed by atoms with van der Waals surface area (Å²) in [5.74, 6) is 0.998. The Morgan fingerprint density at radius 3 is 2.63 bits per heavy atom. The van der Waals surface area contributed by atoms with E-state index in [1.807, 2.05) is 32.0 Å². The summed E-state index contributed by atoms with van der Waals surface area (Å²) in [7, 11) is 1.61. The van der Waals surface area contributed by atoms with Crippen LogP contribution >= 0.6 is 11.8 Å². The quantitative estimate of drug-likeness (QED) is 0.624. The standard InChI is InChI=1S/C21H21FN2O2S/c1-4-27-21-18(20(25)23-12-14-8-10-15(22)11-9-14)13(2)16-6-5-7-17(26-3)19(16)24-21/h5-11H,4,12H2,1-3H3,(H,23,25). The maximum Gasteiger partial charge on any atom is 0.254 e. The molecule has 27 heavy (non-hydrogen) atoms. The fourth-order valence-corrected chi connectivity index (χ4v) is 3.76. The van der Waals surface area contributed by atoms with Gasteiger partial charge in [0.25, 0.3) is 5.91 Å². The number of carbonyl (C=O) groups is 1. The fraction of sp³-hybridized carbons (Fsp3) is 0.238. The number of para-hydroxylation sites is 1. The van der Waals surface area contributed by atoms with Gasteiger partial charge in [0, 0.05) is 11.9 Å². The molecule has 2 aromatic carbocycles. The zero-order valence-electron chi connectivity index (χ0n) is 15.5. The summed E-state index contributed by atoms with van der Waals surface area (Å²) in [4.78, 5) is 17.6. The van der Waals surface area contributed by atoms with Crippen molar-refractivity contribution in [2.24, 2.45) is 0 Å². The first-order valence-corrected chi connectivity index (χ1v) is 9.66. The SMILES string of the molecule is CCSc1nc2c(OC)cccc2c(C)c1C(=O)NCc1ccc(F)cc1. The lowest BCUT2D eigenvalue weighted by molar-refractivity contribution is 0.0947. The number of fused-ring (bicyclic) bond motifs is 1. The lowest BCUT2D eigenvalue weighted by atomic mass is 10.0. The van der Waals surface area contributed by atoms with E-state index in [0.717, 1.165) is 27.8 Å². The van der Waals surface area contributed by atoms with Crippen LogP contribution in [0.2, 0.25) is 0 Å². The van der Waals surface area contributed by atoms with Gasteiger partial charge in [-0.25, -0.2) is 9.37 Å². The van der Waals surface area contributed by atoms with Crippen molar-refractivity contribution in [1.82, 2.24) is 10.3 Å². The van der Waals surface area contributed by atoms with E-state index in [0.29, 0.717) is 22.9 Å². The molecule has 140 valence electrons. The lowest BCUT2D eigenvalue weighted by Gasteiger charge is -2.15. The molecule has 0 aliphatic rings. The molecule has 0 fully saturated rings. The van der Waals surface area contributed by atoms with E-state index in [1.165, 1.54) is 23.9 Å². The smallest absolute Gasteiger partial charge is 0.254 e. The van der Waals surface area contributed by atoms with Gasteiger partial charge >= 0.3 is 0 Å². The van der Waals surface area contributed by atoms with Crippen LogP contribution in [-0.2, 0) is 6.54 Å². The molecule has 1 heterocycles. The lowest BCUT2D eigenvalue weighted by Crippen LogP contribution is -2.25. The number of hydrogen-bond donors (Lipinski definition) is 1. The molecule has 1 aromatic heterocycles. The number of pyridine rings is 1. The van der Waals surface area contributed by atoms with E-state index >= 15 is 0 Å². The Morgan fingerprint density at radius 1 is 1.22 bits per heavy atom. The third-order valence-electron chi connectivity index (χ3n) is 4.30. The molecule has 3 rings (SSSR count). The molecule has 0 bridgehead atoms. The fourth-order valence-electron chi connectivity index (χ4n) is 2.94. The summed E-state index contributed by atoms with van der Waals surface area (Å²) in [6.07, 6.45) is 0. The van der Waals surface area contributed by atoms with E-state index in [9.17, 15) is 9.18 Å². The minimum absolute atomic E-state index is 0.190. The number of methoxy groups -OCH3 is 1. The van der Waals surface area contributed by atoms with Gasteiger partial charge in [0.15, 0.2) is 0 Å². The predicted octanol–water partition coefficient (Wildman–Crippen LogP) is 4.73. The van der Waals surface area contributed by atoms with Crippen LogP contribution < -0.4 is 10.1 Å². The molecule has 1 amide bonds. The molecule has 1 N–H and O–H groups in total. The van der Waals surface area contributed by atoms with E-state index in [2.05, 4.69) is 5.32 Å². The average Bonchev–Trinajstić information content (AvgIpc) is 2.67. The normalized spacial score (nSPS) is 10.8. The van der Waals surface area contributed by atoms with Gasteiger partial charge < -0.3 is 10.1 Å². The van der Waals surface area contributed by atoms with Gasteiger partial charge in [-0.2, -0.15) is 0 Å². The topological polar surface area (TPSA) is 51.2 Å². The van der Waals surface area contributed by atoms with Crippen molar-refractivity contribution >= 4 is 28.6 Å². The van der Waals surface area contributed by atoms with Gasteiger partial charge in [-0.05, 0) is 42.0 Å². The van der Waals surface area contributed by atoms with Gasteiger partial charge in [0.05, 0.1) is 12.7 Å². The minimum atomic E-state index is -0.296. The molecule has 0 unspecified atom stereocenters. The summed E-state index contributed by atoms with van der Waals surface area (Å²) in [5, 5.41) is 4.50. The molecule has 0 aliphatic heterocycles. The molecule has 3 aromatic rings. The molecule has 0 spiro atoms. The highest BCUT2D eigenvalue weighted by Gasteiger charge is 2.20. The Morgan fingerprint density at radius 2 is 1.96 bits per heavy atom. The molecule has 0 radical (unpaired) electrons. The number of aromatic nitrogens is 1. The number of ether oxygens (including phenoxy) is 1. The van der Waals surface area contributed by atoms with Gasteiger partial charge in [-0.3, -0.25) is 4.79 Å². The van der Waals surface area contributed by atoms with E-state index in [-0.39, 0.29) is 11.7 Å². The Hall–Kier alpha value is -2.60. The number of hydrogen-bond acceptors (Lipinski definition) is 4. The largest absolute Gasteiger partial charge is 0.494 e. The van der Waals surface area contributed by atoms with Crippen molar-refractivity contribution in [2.75, 3.05) is 12.9 Å². The summed E-state index contributed by atoms with van der Waals surface area (Å²) >= 11 is 1.52. The first-order valence-electron chi connectivity index (χ1n) is 8.68. The maximum atomic E-state index is 13.0. The van der Waals surface area contributed by atoms with E-state index < -0.39 is 0 Å². The van der Waals surface area contributed by atoms with Crippen LogP contribution in [0.25, 0.3) is 10.9 Å². The number of aryl methyl sites for hydroxylation is 1. The van der Waals surface area contributed by atoms with Crippen LogP contribution in [0.4, 0.5) is 4.39 Å². The summed E-state index contributed by atoms with van der Waals surface area (Å²) < 4.78 is 18.5. The Balaban J connectivity index is 1.98. The van der Waals surface area contributed by atoms with Gasteiger partial charge in [-0.15, -0.1) is 11.8 Å². The minimum Gasteiger partial charge on any atom is -0.494 e. The summed E-state index contributed by atoms with van der Waals surface area (Å²) in [5.41, 5.74) is 3.03. The van der Waals surface area contributed by atoms with E-state index in [4.69, 9.17) is 9.72 Å². The van der Waals surface area contributed by atoms with Crippen molar-refractivity contribution in [3.63, 3.8) is 0 Å². The second-order valence-electron chi connectivity index (χ2n) is 6.02. The average molecular weight is 384 g/mol. The Labute approximate surface area is 162 Å². The second-order valence-corrected chi connectivity index (χ2v) is 7.27. The predicted molar refractivity (Wildman–Crippen MR) is 107 cm³/mol. The maximum absolute atomic E-state index is 13.0. The van der Waals surface area contributed by atoms with Gasteiger partial charge in [0.1, 0.15) is 22.1 Å². The first kappa shape index (κ1) is 19.2. The molecule has 0 saturated heterocycles. The van der Waals surface area contributed by atoms with Crippen LogP contribution in [0.5, 0.6) is 5.75 Å². The molecule has 0 saturated carbocycles. The Kier molecular flexibility index (Phi) is 5.96. The van der Waals surface area contributed by atoms with Gasteiger partial charge in [-0.1, -0.05) is 31.2 Å². The van der Waals surface area contributed by atoms with Crippen molar-refractivity contribution in [1.29, 1.82) is 0 Å². The number of carbonyl (C=O) groups excluding carboxylic acids is 1. The highest BCUT2D eigenvalue weighted by atomic mass is 32.2. The van der Waals surface area contributed by atoms with E-state index in [1.54, 1.807) is 19.2 Å². The van der Waals surface area contributed by atoms with Crippen molar-refractivity contribution < 1.29 is 13.9 Å². The number of rotatable bonds is 6. The van der Waals surface area contributed by atoms with Crippen LogP contribution in [-0.4, -0.2) is 23.8 Å². The number of amides is 1. The van der Waals surface area contributed by atoms with Crippen molar-refractivity contribution in [3.8, 4) is 5.75 Å². The van der Waals surface area contributed by atoms with Crippen LogP contribution in [0.1, 0.15) is 28.4 Å². The third kappa shape index (κ3) is 4.06. The zero-order chi connectivity index (χ0) is 19.4. The molecule has 0 aliphatic carbocycles. The summed E-state index contributed by atoms with van der Waals surface area (Å²) in [6, 6.07) is 11.8. The van der Waals surface area contributed by atoms with Crippen LogP contribution in [0, 0.1) is 12.7 Å². The monoisotopic (exact) mass is 384 g/mol. The number of benzene rings is 2. The molecular formula is C21H21FN2O2S. The van der Waals surface area contributed by atoms with Crippen molar-refractivity contribution in [2.45, 2.75) is 25.4 Å². The highest BCUT2D eigenvalue weighted by Crippen LogP contribution is 2.33.